The molecule has 40 heavy (non-hydrogen) atoms. The molecule has 210 valence electrons. The maximum Gasteiger partial charge on any atom is 0.431 e. The largest absolute Gasteiger partial charge is 0.492 e. The van der Waals surface area contributed by atoms with Crippen molar-refractivity contribution in [3.05, 3.63) is 82.9 Å². The van der Waals surface area contributed by atoms with Crippen molar-refractivity contribution in [2.24, 2.45) is 0 Å². The topological polar surface area (TPSA) is 97.4 Å². The lowest BCUT2D eigenvalue weighted by Crippen LogP contribution is -2.30. The molecular weight excluding hydrogens is 510 g/mol. The van der Waals surface area contributed by atoms with Gasteiger partial charge in [-0.25, -0.2) is 4.79 Å². The quantitative estimate of drug-likeness (QED) is 0.260. The number of ether oxygens (including phenoxy) is 2. The van der Waals surface area contributed by atoms with Crippen molar-refractivity contribution in [1.82, 2.24) is 15.3 Å². The normalized spacial score (nSPS) is 12.7. The fraction of sp³-hybridized carbons (Fsp3) is 0.323. The Morgan fingerprint density at radius 1 is 1.00 bits per heavy atom. The molecule has 1 N–H and O–H groups in total. The Morgan fingerprint density at radius 3 is 2.40 bits per heavy atom. The number of amides is 3. The van der Waals surface area contributed by atoms with E-state index in [0.717, 1.165) is 57.2 Å². The van der Waals surface area contributed by atoms with Crippen LogP contribution in [0.2, 0.25) is 0 Å². The Hall–Kier alpha value is -4.53. The van der Waals surface area contributed by atoms with Crippen LogP contribution in [0.3, 0.4) is 0 Å². The summed E-state index contributed by atoms with van der Waals surface area (Å²) in [6, 6.07) is 19.6. The van der Waals surface area contributed by atoms with Crippen LogP contribution in [-0.2, 0) is 27.6 Å². The van der Waals surface area contributed by atoms with Crippen molar-refractivity contribution >= 4 is 18.4 Å². The van der Waals surface area contributed by atoms with Crippen LogP contribution in [0.4, 0.5) is 4.79 Å². The first-order chi connectivity index (χ1) is 19.4. The predicted octanol–water partition coefficient (Wildman–Crippen LogP) is 4.78. The summed E-state index contributed by atoms with van der Waals surface area (Å²) < 4.78 is 12.0. The van der Waals surface area contributed by atoms with Gasteiger partial charge in [-0.2, -0.15) is 5.06 Å². The highest BCUT2D eigenvalue weighted by Crippen LogP contribution is 2.32. The molecular formula is C31H35N3O6. The molecule has 4 rings (SSSR count). The number of rotatable bonds is 12. The van der Waals surface area contributed by atoms with Gasteiger partial charge in [0.05, 0.1) is 13.1 Å². The minimum atomic E-state index is -0.712. The molecule has 1 fully saturated rings. The molecule has 9 heteroatoms. The lowest BCUT2D eigenvalue weighted by atomic mass is 9.94. The summed E-state index contributed by atoms with van der Waals surface area (Å²) in [5, 5.41) is 3.22. The second-order valence-electron chi connectivity index (χ2n) is 9.71. The third-order valence-electron chi connectivity index (χ3n) is 6.71. The number of hydrogen-bond acceptors (Lipinski definition) is 6. The maximum absolute atomic E-state index is 11.8. The lowest BCUT2D eigenvalue weighted by Gasteiger charge is -2.18. The molecule has 1 aliphatic heterocycles. The second-order valence-corrected chi connectivity index (χ2v) is 9.71. The Morgan fingerprint density at radius 2 is 1.75 bits per heavy atom. The SMILES string of the molecule is CNC(=O)ON(C=O)Cc1ccc(OCc2cccc(-c3c(C)cc(OCCN4CCCC4=O)cc3C)c2)cc1. The van der Waals surface area contributed by atoms with Crippen molar-refractivity contribution < 1.29 is 28.7 Å². The van der Waals surface area contributed by atoms with Crippen LogP contribution in [0, 0.1) is 13.8 Å². The molecule has 0 unspecified atom stereocenters. The predicted molar refractivity (Wildman–Crippen MR) is 151 cm³/mol. The zero-order valence-electron chi connectivity index (χ0n) is 23.1. The maximum atomic E-state index is 11.8. The van der Waals surface area contributed by atoms with Crippen molar-refractivity contribution in [2.75, 3.05) is 26.7 Å². The van der Waals surface area contributed by atoms with E-state index in [0.29, 0.717) is 38.3 Å². The van der Waals surface area contributed by atoms with E-state index in [-0.39, 0.29) is 12.5 Å². The Balaban J connectivity index is 1.35. The first kappa shape index (κ1) is 28.5. The van der Waals surface area contributed by atoms with Gasteiger partial charge in [-0.1, -0.05) is 30.3 Å². The Labute approximate surface area is 234 Å². The van der Waals surface area contributed by atoms with Crippen LogP contribution in [0.25, 0.3) is 11.1 Å². The molecule has 1 heterocycles. The van der Waals surface area contributed by atoms with Gasteiger partial charge in [0.15, 0.2) is 0 Å². The molecule has 0 saturated carbocycles. The smallest absolute Gasteiger partial charge is 0.431 e. The van der Waals surface area contributed by atoms with E-state index in [1.807, 2.05) is 53.4 Å². The molecule has 9 nitrogen and oxygen atoms in total. The molecule has 0 aliphatic carbocycles. The van der Waals surface area contributed by atoms with E-state index in [9.17, 15) is 14.4 Å². The first-order valence-corrected chi connectivity index (χ1v) is 13.3. The van der Waals surface area contributed by atoms with E-state index in [2.05, 4.69) is 31.3 Å². The fourth-order valence-electron chi connectivity index (χ4n) is 4.77. The van der Waals surface area contributed by atoms with E-state index in [1.165, 1.54) is 7.05 Å². The highest BCUT2D eigenvalue weighted by atomic mass is 16.7. The summed E-state index contributed by atoms with van der Waals surface area (Å²) in [5.41, 5.74) is 6.31. The van der Waals surface area contributed by atoms with E-state index >= 15 is 0 Å². The summed E-state index contributed by atoms with van der Waals surface area (Å²) in [6.07, 6.45) is 1.31. The molecule has 3 aromatic carbocycles. The summed E-state index contributed by atoms with van der Waals surface area (Å²) in [4.78, 5) is 41.0. The lowest BCUT2D eigenvalue weighted by molar-refractivity contribution is -0.152. The van der Waals surface area contributed by atoms with Crippen LogP contribution < -0.4 is 14.8 Å². The highest BCUT2D eigenvalue weighted by molar-refractivity contribution is 5.78. The highest BCUT2D eigenvalue weighted by Gasteiger charge is 2.19. The summed E-state index contributed by atoms with van der Waals surface area (Å²) >= 11 is 0. The van der Waals surface area contributed by atoms with Gasteiger partial charge >= 0.3 is 6.09 Å². The Kier molecular flexibility index (Phi) is 9.62. The molecule has 0 spiro atoms. The molecule has 0 bridgehead atoms. The first-order valence-electron chi connectivity index (χ1n) is 13.3. The van der Waals surface area contributed by atoms with Gasteiger partial charge < -0.3 is 24.5 Å². The summed E-state index contributed by atoms with van der Waals surface area (Å²) in [7, 11) is 1.42. The van der Waals surface area contributed by atoms with Crippen LogP contribution in [-0.4, -0.2) is 55.1 Å². The van der Waals surface area contributed by atoms with Crippen LogP contribution in [0.5, 0.6) is 11.5 Å². The van der Waals surface area contributed by atoms with Crippen molar-refractivity contribution in [1.29, 1.82) is 0 Å². The zero-order valence-corrected chi connectivity index (χ0v) is 23.1. The number of aryl methyl sites for hydroxylation is 2. The number of hydrogen-bond donors (Lipinski definition) is 1. The van der Waals surface area contributed by atoms with Gasteiger partial charge in [-0.3, -0.25) is 9.59 Å². The van der Waals surface area contributed by atoms with Gasteiger partial charge in [0.1, 0.15) is 24.7 Å². The molecule has 1 aliphatic rings. The van der Waals surface area contributed by atoms with Crippen molar-refractivity contribution in [3.63, 3.8) is 0 Å². The van der Waals surface area contributed by atoms with Crippen LogP contribution in [0.15, 0.2) is 60.7 Å². The molecule has 1 saturated heterocycles. The van der Waals surface area contributed by atoms with Crippen LogP contribution >= 0.6 is 0 Å². The van der Waals surface area contributed by atoms with Crippen LogP contribution in [0.1, 0.15) is 35.1 Å². The second kappa shape index (κ2) is 13.5. The standard InChI is InChI=1S/C31H35N3O6/c1-22-16-28(38-15-14-33-13-5-8-29(33)36)17-23(2)30(22)26-7-4-6-25(18-26)20-39-27-11-9-24(10-12-27)19-34(21-35)40-31(37)32-3/h4,6-7,9-12,16-18,21H,5,8,13-15,19-20H2,1-3H3,(H,32,37). The number of likely N-dealkylation sites (tertiary alicyclic amines) is 1. The Bertz CT molecular complexity index is 1320. The monoisotopic (exact) mass is 545 g/mol. The molecule has 3 aromatic rings. The van der Waals surface area contributed by atoms with Gasteiger partial charge in [0.25, 0.3) is 0 Å². The number of carbonyl (C=O) groups is 3. The average molecular weight is 546 g/mol. The number of carbonyl (C=O) groups excluding carboxylic acids is 3. The summed E-state index contributed by atoms with van der Waals surface area (Å²) in [6.45, 7) is 6.59. The van der Waals surface area contributed by atoms with Gasteiger partial charge in [0.2, 0.25) is 12.3 Å². The number of benzene rings is 3. The minimum absolute atomic E-state index is 0.125. The average Bonchev–Trinajstić information content (AvgIpc) is 3.36. The number of hydroxylamine groups is 2. The van der Waals surface area contributed by atoms with E-state index in [4.69, 9.17) is 14.3 Å². The third-order valence-corrected chi connectivity index (χ3v) is 6.71. The van der Waals surface area contributed by atoms with Gasteiger partial charge in [0, 0.05) is 20.0 Å². The van der Waals surface area contributed by atoms with Crippen molar-refractivity contribution in [3.8, 4) is 22.6 Å². The summed E-state index contributed by atoms with van der Waals surface area (Å²) in [5.74, 6) is 1.70. The van der Waals surface area contributed by atoms with E-state index in [1.54, 1.807) is 0 Å². The van der Waals surface area contributed by atoms with Crippen molar-refractivity contribution in [2.45, 2.75) is 39.8 Å². The fourth-order valence-corrected chi connectivity index (χ4v) is 4.77. The molecule has 0 aromatic heterocycles. The number of nitrogens with zero attached hydrogens (tertiary/aromatic N) is 2. The zero-order chi connectivity index (χ0) is 28.5. The van der Waals surface area contributed by atoms with Gasteiger partial charge in [-0.05, 0) is 84.0 Å². The molecule has 0 atom stereocenters. The van der Waals surface area contributed by atoms with E-state index < -0.39 is 6.09 Å². The van der Waals surface area contributed by atoms with Gasteiger partial charge in [-0.15, -0.1) is 0 Å². The minimum Gasteiger partial charge on any atom is -0.492 e. The molecule has 0 radical (unpaired) electrons. The number of nitrogens with one attached hydrogen (secondary N) is 1. The third kappa shape index (κ3) is 7.53. The molecule has 3 amide bonds.